The molecule has 9 heteroatoms. The Morgan fingerprint density at radius 1 is 1.50 bits per heavy atom. The van der Waals surface area contributed by atoms with Crippen LogP contribution in [0.2, 0.25) is 0 Å². The number of carbonyl (C=O) groups is 1. The number of carbonyl (C=O) groups excluding carboxylic acids is 1. The van der Waals surface area contributed by atoms with Gasteiger partial charge >= 0.3 is 5.97 Å². The number of nitrogens with two attached hydrogens (primary N) is 1. The van der Waals surface area contributed by atoms with Crippen LogP contribution in [0.25, 0.3) is 0 Å². The van der Waals surface area contributed by atoms with Crippen molar-refractivity contribution >= 4 is 37.6 Å². The Bertz CT molecular complexity index is 607. The third kappa shape index (κ3) is 4.43. The Morgan fingerprint density at radius 3 is 2.75 bits per heavy atom. The van der Waals surface area contributed by atoms with E-state index in [1.807, 2.05) is 0 Å². The first-order valence-electron chi connectivity index (χ1n) is 5.67. The summed E-state index contributed by atoms with van der Waals surface area (Å²) in [5.74, 6) is -1.47. The smallest absolute Gasteiger partial charge is 0.307 e. The summed E-state index contributed by atoms with van der Waals surface area (Å²) in [6, 6.07) is 1.97. The number of nitrogen functional groups attached to an aromatic ring is 1. The number of anilines is 1. The van der Waals surface area contributed by atoms with Gasteiger partial charge in [-0.25, -0.2) is 17.5 Å². The average Bonchev–Trinajstić information content (AvgIpc) is 2.33. The molecule has 1 aromatic carbocycles. The van der Waals surface area contributed by atoms with Crippen LogP contribution < -0.4 is 10.5 Å². The molecule has 0 radical (unpaired) electrons. The van der Waals surface area contributed by atoms with Crippen molar-refractivity contribution in [1.82, 2.24) is 4.72 Å². The topological polar surface area (TPSA) is 98.5 Å². The number of nitrogens with one attached hydrogen (secondary N) is 1. The summed E-state index contributed by atoms with van der Waals surface area (Å²) in [6.45, 7) is 1.67. The molecule has 0 aliphatic rings. The molecule has 20 heavy (non-hydrogen) atoms. The van der Waals surface area contributed by atoms with Gasteiger partial charge in [-0.2, -0.15) is 0 Å². The zero-order chi connectivity index (χ0) is 15.3. The minimum absolute atomic E-state index is 0.0946. The number of esters is 1. The molecule has 0 aromatic heterocycles. The van der Waals surface area contributed by atoms with E-state index in [1.54, 1.807) is 6.92 Å². The molecule has 1 aromatic rings. The van der Waals surface area contributed by atoms with Gasteiger partial charge in [0.25, 0.3) is 0 Å². The van der Waals surface area contributed by atoms with E-state index in [0.29, 0.717) is 0 Å². The lowest BCUT2D eigenvalue weighted by Gasteiger charge is -2.09. The van der Waals surface area contributed by atoms with Crippen LogP contribution in [0.15, 0.2) is 21.5 Å². The fourth-order valence-corrected chi connectivity index (χ4v) is 2.79. The summed E-state index contributed by atoms with van der Waals surface area (Å²) in [5.41, 5.74) is 5.62. The number of benzene rings is 1. The van der Waals surface area contributed by atoms with Crippen LogP contribution in [-0.2, 0) is 19.6 Å². The normalized spacial score (nSPS) is 11.3. The first-order chi connectivity index (χ1) is 9.27. The van der Waals surface area contributed by atoms with Crippen molar-refractivity contribution in [3.63, 3.8) is 0 Å². The second kappa shape index (κ2) is 7.00. The number of hydrogen-bond acceptors (Lipinski definition) is 5. The molecule has 3 N–H and O–H groups in total. The molecule has 0 bridgehead atoms. The van der Waals surface area contributed by atoms with Crippen LogP contribution in [0.5, 0.6) is 0 Å². The Balaban J connectivity index is 2.79. The lowest BCUT2D eigenvalue weighted by Crippen LogP contribution is -2.27. The Hall–Kier alpha value is -1.19. The zero-order valence-electron chi connectivity index (χ0n) is 10.7. The number of hydrogen-bond donors (Lipinski definition) is 2. The molecule has 0 atom stereocenters. The Labute approximate surface area is 124 Å². The van der Waals surface area contributed by atoms with Crippen molar-refractivity contribution in [1.29, 1.82) is 0 Å². The van der Waals surface area contributed by atoms with Crippen molar-refractivity contribution in [3.8, 4) is 0 Å². The van der Waals surface area contributed by atoms with Gasteiger partial charge in [-0.1, -0.05) is 0 Å². The van der Waals surface area contributed by atoms with E-state index < -0.39 is 26.7 Å². The number of halogens is 2. The first kappa shape index (κ1) is 16.9. The highest BCUT2D eigenvalue weighted by Crippen LogP contribution is 2.25. The van der Waals surface area contributed by atoms with Crippen LogP contribution >= 0.6 is 15.9 Å². The summed E-state index contributed by atoms with van der Waals surface area (Å²) in [7, 11) is -4.07. The standard InChI is InChI=1S/C11H14BrFN2O4S/c1-2-19-11(16)3-4-15-20(17,18)10-6-9(14)7(12)5-8(10)13/h5-6,15H,2-4,14H2,1H3. The predicted octanol–water partition coefficient (Wildman–Crippen LogP) is 1.40. The molecule has 0 aliphatic carbocycles. The SMILES string of the molecule is CCOC(=O)CCNS(=O)(=O)c1cc(N)c(Br)cc1F. The minimum Gasteiger partial charge on any atom is -0.466 e. The van der Waals surface area contributed by atoms with Crippen molar-refractivity contribution in [2.75, 3.05) is 18.9 Å². The lowest BCUT2D eigenvalue weighted by atomic mass is 10.3. The van der Waals surface area contributed by atoms with Gasteiger partial charge < -0.3 is 10.5 Å². The lowest BCUT2D eigenvalue weighted by molar-refractivity contribution is -0.142. The van der Waals surface area contributed by atoms with Gasteiger partial charge in [-0.3, -0.25) is 4.79 Å². The van der Waals surface area contributed by atoms with Crippen molar-refractivity contribution in [2.24, 2.45) is 0 Å². The summed E-state index contributed by atoms with van der Waals surface area (Å²) in [6.07, 6.45) is -0.138. The summed E-state index contributed by atoms with van der Waals surface area (Å²) in [5, 5.41) is 0. The summed E-state index contributed by atoms with van der Waals surface area (Å²) >= 11 is 2.99. The maximum atomic E-state index is 13.6. The molecular weight excluding hydrogens is 355 g/mol. The number of rotatable bonds is 6. The average molecular weight is 369 g/mol. The van der Waals surface area contributed by atoms with Crippen molar-refractivity contribution < 1.29 is 22.3 Å². The van der Waals surface area contributed by atoms with Gasteiger partial charge in [0.15, 0.2) is 0 Å². The van der Waals surface area contributed by atoms with E-state index in [-0.39, 0.29) is 29.7 Å². The van der Waals surface area contributed by atoms with E-state index in [4.69, 9.17) is 5.73 Å². The summed E-state index contributed by atoms with van der Waals surface area (Å²) < 4.78 is 44.4. The zero-order valence-corrected chi connectivity index (χ0v) is 13.1. The second-order valence-corrected chi connectivity index (χ2v) is 6.35. The summed E-state index contributed by atoms with van der Waals surface area (Å²) in [4.78, 5) is 10.5. The van der Waals surface area contributed by atoms with Gasteiger partial charge in [0.05, 0.1) is 13.0 Å². The highest BCUT2D eigenvalue weighted by atomic mass is 79.9. The highest BCUT2D eigenvalue weighted by molar-refractivity contribution is 9.10. The van der Waals surface area contributed by atoms with Gasteiger partial charge in [-0.05, 0) is 35.0 Å². The molecule has 0 fully saturated rings. The highest BCUT2D eigenvalue weighted by Gasteiger charge is 2.20. The molecule has 0 heterocycles. The van der Waals surface area contributed by atoms with E-state index in [9.17, 15) is 17.6 Å². The Morgan fingerprint density at radius 2 is 2.15 bits per heavy atom. The molecule has 0 amide bonds. The molecule has 0 aliphatic heterocycles. The van der Waals surface area contributed by atoms with E-state index in [2.05, 4.69) is 25.4 Å². The van der Waals surface area contributed by atoms with Crippen molar-refractivity contribution in [2.45, 2.75) is 18.2 Å². The minimum atomic E-state index is -4.07. The second-order valence-electron chi connectivity index (χ2n) is 3.76. The van der Waals surface area contributed by atoms with Crippen molar-refractivity contribution in [3.05, 3.63) is 22.4 Å². The molecule has 0 unspecified atom stereocenters. The first-order valence-corrected chi connectivity index (χ1v) is 7.95. The fraction of sp³-hybridized carbons (Fsp3) is 0.364. The molecule has 0 spiro atoms. The van der Waals surface area contributed by atoms with Crippen LogP contribution in [-0.4, -0.2) is 27.5 Å². The molecular formula is C11H14BrFN2O4S. The Kier molecular flexibility index (Phi) is 5.90. The maximum absolute atomic E-state index is 13.6. The number of ether oxygens (including phenoxy) is 1. The third-order valence-corrected chi connectivity index (χ3v) is 4.43. The molecule has 0 saturated heterocycles. The maximum Gasteiger partial charge on any atom is 0.307 e. The molecule has 112 valence electrons. The number of sulfonamides is 1. The van der Waals surface area contributed by atoms with E-state index in [1.165, 1.54) is 0 Å². The van der Waals surface area contributed by atoms with Crippen LogP contribution in [0, 0.1) is 5.82 Å². The van der Waals surface area contributed by atoms with Crippen LogP contribution in [0.1, 0.15) is 13.3 Å². The molecule has 6 nitrogen and oxygen atoms in total. The van der Waals surface area contributed by atoms with Crippen LogP contribution in [0.4, 0.5) is 10.1 Å². The predicted molar refractivity (Wildman–Crippen MR) is 75.0 cm³/mol. The third-order valence-electron chi connectivity index (χ3n) is 2.27. The largest absolute Gasteiger partial charge is 0.466 e. The monoisotopic (exact) mass is 368 g/mol. The van der Waals surface area contributed by atoms with E-state index in [0.717, 1.165) is 12.1 Å². The van der Waals surface area contributed by atoms with Gasteiger partial charge in [0.2, 0.25) is 10.0 Å². The van der Waals surface area contributed by atoms with E-state index >= 15 is 0 Å². The van der Waals surface area contributed by atoms with Crippen LogP contribution in [0.3, 0.4) is 0 Å². The molecule has 0 saturated carbocycles. The quantitative estimate of drug-likeness (QED) is 0.584. The van der Waals surface area contributed by atoms with Gasteiger partial charge in [-0.15, -0.1) is 0 Å². The van der Waals surface area contributed by atoms with Gasteiger partial charge in [0.1, 0.15) is 10.7 Å². The molecule has 1 rings (SSSR count). The van der Waals surface area contributed by atoms with Gasteiger partial charge in [0, 0.05) is 16.7 Å². The fourth-order valence-electron chi connectivity index (χ4n) is 1.35.